The summed E-state index contributed by atoms with van der Waals surface area (Å²) < 4.78 is 13.0. The molecule has 124 valence electrons. The molecule has 4 rings (SSSR count). The summed E-state index contributed by atoms with van der Waals surface area (Å²) in [7, 11) is 0. The summed E-state index contributed by atoms with van der Waals surface area (Å²) >= 11 is 1.32. The molecule has 0 unspecified atom stereocenters. The maximum absolute atomic E-state index is 13.0. The Labute approximate surface area is 148 Å². The predicted molar refractivity (Wildman–Crippen MR) is 101 cm³/mol. The number of para-hydroxylation sites is 1. The van der Waals surface area contributed by atoms with Crippen LogP contribution < -0.4 is 5.32 Å². The molecular weight excluding hydrogens is 337 g/mol. The largest absolute Gasteiger partial charge is 0.492 e. The van der Waals surface area contributed by atoms with Gasteiger partial charge in [0, 0.05) is 22.5 Å². The lowest BCUT2D eigenvalue weighted by Gasteiger charge is -2.01. The van der Waals surface area contributed by atoms with Crippen molar-refractivity contribution in [2.45, 2.75) is 6.92 Å². The van der Waals surface area contributed by atoms with Gasteiger partial charge in [0.05, 0.1) is 10.6 Å². The second-order valence-electron chi connectivity index (χ2n) is 5.61. The Hall–Kier alpha value is -2.99. The smallest absolute Gasteiger partial charge is 0.231 e. The molecule has 3 aromatic rings. The van der Waals surface area contributed by atoms with Crippen LogP contribution in [-0.4, -0.2) is 15.8 Å². The van der Waals surface area contributed by atoms with Crippen molar-refractivity contribution in [2.75, 3.05) is 5.32 Å². The van der Waals surface area contributed by atoms with E-state index in [1.54, 1.807) is 12.1 Å². The molecule has 0 spiro atoms. The summed E-state index contributed by atoms with van der Waals surface area (Å²) in [6.07, 6.45) is 1.90. The van der Waals surface area contributed by atoms with Gasteiger partial charge < -0.3 is 10.4 Å². The zero-order chi connectivity index (χ0) is 17.4. The van der Waals surface area contributed by atoms with Gasteiger partial charge in [-0.25, -0.2) is 4.39 Å². The minimum atomic E-state index is -0.299. The quantitative estimate of drug-likeness (QED) is 0.666. The maximum atomic E-state index is 13.0. The van der Waals surface area contributed by atoms with Crippen LogP contribution >= 0.6 is 11.3 Å². The Morgan fingerprint density at radius 1 is 1.12 bits per heavy atom. The first-order chi connectivity index (χ1) is 12.1. The van der Waals surface area contributed by atoms with E-state index in [9.17, 15) is 9.50 Å². The molecule has 0 bridgehead atoms. The number of hydrogen-bond acceptors (Lipinski definition) is 5. The average Bonchev–Trinajstić information content (AvgIpc) is 3.10. The third-order valence-corrected chi connectivity index (χ3v) is 4.78. The SMILES string of the molecule is CC1=Nc2ccccc2/C1=C/c1sc(Nc2ccc(F)cc2)nc1O. The summed E-state index contributed by atoms with van der Waals surface area (Å²) in [5.41, 5.74) is 4.56. The van der Waals surface area contributed by atoms with E-state index < -0.39 is 0 Å². The van der Waals surface area contributed by atoms with E-state index in [0.29, 0.717) is 15.7 Å². The fraction of sp³-hybridized carbons (Fsp3) is 0.0526. The van der Waals surface area contributed by atoms with Crippen molar-refractivity contribution in [2.24, 2.45) is 4.99 Å². The number of nitrogens with one attached hydrogen (secondary N) is 1. The predicted octanol–water partition coefficient (Wildman–Crippen LogP) is 5.38. The number of allylic oxidation sites excluding steroid dienone is 1. The van der Waals surface area contributed by atoms with E-state index in [4.69, 9.17) is 0 Å². The van der Waals surface area contributed by atoms with Crippen molar-refractivity contribution < 1.29 is 9.50 Å². The minimum absolute atomic E-state index is 0.0423. The lowest BCUT2D eigenvalue weighted by Crippen LogP contribution is -1.89. The molecular formula is C19H14FN3OS. The van der Waals surface area contributed by atoms with Gasteiger partial charge in [-0.05, 0) is 43.3 Å². The number of rotatable bonds is 3. The molecule has 1 aromatic heterocycles. The number of hydrogen-bond donors (Lipinski definition) is 2. The summed E-state index contributed by atoms with van der Waals surface area (Å²) in [5, 5.41) is 13.8. The Bertz CT molecular complexity index is 1010. The standard InChI is InChI=1S/C19H14FN3OS/c1-11-15(14-4-2-3-5-16(14)21-11)10-17-18(24)23-19(25-17)22-13-8-6-12(20)7-9-13/h2-10,24H,1H3,(H,22,23)/b15-10+. The highest BCUT2D eigenvalue weighted by Crippen LogP contribution is 2.39. The third-order valence-electron chi connectivity index (χ3n) is 3.88. The Balaban J connectivity index is 1.65. The number of nitrogens with zero attached hydrogens (tertiary/aromatic N) is 2. The highest BCUT2D eigenvalue weighted by Gasteiger charge is 2.18. The van der Waals surface area contributed by atoms with Gasteiger partial charge in [-0.3, -0.25) is 4.99 Å². The normalized spacial score (nSPS) is 14.5. The molecule has 0 saturated heterocycles. The first-order valence-corrected chi connectivity index (χ1v) is 8.51. The first kappa shape index (κ1) is 15.5. The molecule has 0 atom stereocenters. The van der Waals surface area contributed by atoms with Crippen LogP contribution in [0.1, 0.15) is 17.4 Å². The van der Waals surface area contributed by atoms with E-state index in [-0.39, 0.29) is 11.7 Å². The van der Waals surface area contributed by atoms with Gasteiger partial charge in [0.15, 0.2) is 5.13 Å². The molecule has 0 radical (unpaired) electrons. The van der Waals surface area contributed by atoms with Crippen molar-refractivity contribution in [3.05, 3.63) is 64.8 Å². The van der Waals surface area contributed by atoms with Crippen LogP contribution in [0.3, 0.4) is 0 Å². The number of thiazole rings is 1. The Morgan fingerprint density at radius 3 is 2.68 bits per heavy atom. The summed E-state index contributed by atoms with van der Waals surface area (Å²) in [5.74, 6) is -0.341. The molecule has 25 heavy (non-hydrogen) atoms. The van der Waals surface area contributed by atoms with Crippen LogP contribution in [0.5, 0.6) is 5.88 Å². The molecule has 2 aromatic carbocycles. The topological polar surface area (TPSA) is 57.5 Å². The number of aromatic hydroxyl groups is 1. The number of benzene rings is 2. The van der Waals surface area contributed by atoms with E-state index in [1.807, 2.05) is 37.3 Å². The van der Waals surface area contributed by atoms with Gasteiger partial charge in [-0.15, -0.1) is 0 Å². The maximum Gasteiger partial charge on any atom is 0.231 e. The van der Waals surface area contributed by atoms with E-state index in [0.717, 1.165) is 22.5 Å². The van der Waals surface area contributed by atoms with Crippen LogP contribution in [0.25, 0.3) is 11.6 Å². The highest BCUT2D eigenvalue weighted by atomic mass is 32.1. The van der Waals surface area contributed by atoms with Crippen molar-refractivity contribution >= 4 is 45.2 Å². The van der Waals surface area contributed by atoms with Gasteiger partial charge in [-0.1, -0.05) is 29.5 Å². The van der Waals surface area contributed by atoms with E-state index in [1.165, 1.54) is 23.5 Å². The monoisotopic (exact) mass is 351 g/mol. The van der Waals surface area contributed by atoms with Crippen LogP contribution in [0.4, 0.5) is 20.9 Å². The fourth-order valence-electron chi connectivity index (χ4n) is 2.68. The molecule has 0 amide bonds. The lowest BCUT2D eigenvalue weighted by atomic mass is 10.0. The zero-order valence-electron chi connectivity index (χ0n) is 13.3. The molecule has 2 heterocycles. The summed E-state index contributed by atoms with van der Waals surface area (Å²) in [6.45, 7) is 1.95. The third kappa shape index (κ3) is 3.04. The van der Waals surface area contributed by atoms with Gasteiger partial charge >= 0.3 is 0 Å². The summed E-state index contributed by atoms with van der Waals surface area (Å²) in [6, 6.07) is 13.9. The minimum Gasteiger partial charge on any atom is -0.492 e. The fourth-order valence-corrected chi connectivity index (χ4v) is 3.50. The molecule has 0 fully saturated rings. The lowest BCUT2D eigenvalue weighted by molar-refractivity contribution is 0.457. The van der Waals surface area contributed by atoms with Crippen molar-refractivity contribution in [3.63, 3.8) is 0 Å². The Morgan fingerprint density at radius 2 is 1.88 bits per heavy atom. The number of anilines is 2. The van der Waals surface area contributed by atoms with Crippen LogP contribution in [0, 0.1) is 5.82 Å². The molecule has 6 heteroatoms. The number of aliphatic imine (C=N–C) groups is 1. The summed E-state index contributed by atoms with van der Waals surface area (Å²) in [4.78, 5) is 9.32. The van der Waals surface area contributed by atoms with Crippen LogP contribution in [-0.2, 0) is 0 Å². The van der Waals surface area contributed by atoms with Crippen molar-refractivity contribution in [3.8, 4) is 5.88 Å². The van der Waals surface area contributed by atoms with Gasteiger partial charge in [-0.2, -0.15) is 4.98 Å². The highest BCUT2D eigenvalue weighted by molar-refractivity contribution is 7.16. The number of halogens is 1. The Kier molecular flexibility index (Phi) is 3.82. The molecule has 0 aliphatic carbocycles. The number of aromatic nitrogens is 1. The second kappa shape index (κ2) is 6.14. The zero-order valence-corrected chi connectivity index (χ0v) is 14.1. The first-order valence-electron chi connectivity index (χ1n) is 7.69. The average molecular weight is 351 g/mol. The molecule has 2 N–H and O–H groups in total. The van der Waals surface area contributed by atoms with Crippen LogP contribution in [0.15, 0.2) is 53.5 Å². The second-order valence-corrected chi connectivity index (χ2v) is 6.64. The van der Waals surface area contributed by atoms with Crippen molar-refractivity contribution in [1.29, 1.82) is 0 Å². The van der Waals surface area contributed by atoms with E-state index in [2.05, 4.69) is 15.3 Å². The van der Waals surface area contributed by atoms with Gasteiger partial charge in [0.25, 0.3) is 0 Å². The molecule has 0 saturated carbocycles. The van der Waals surface area contributed by atoms with E-state index >= 15 is 0 Å². The van der Waals surface area contributed by atoms with Gasteiger partial charge in [0.2, 0.25) is 5.88 Å². The molecule has 1 aliphatic heterocycles. The van der Waals surface area contributed by atoms with Crippen LogP contribution in [0.2, 0.25) is 0 Å². The molecule has 4 nitrogen and oxygen atoms in total. The van der Waals surface area contributed by atoms with Crippen molar-refractivity contribution in [1.82, 2.24) is 4.98 Å². The number of fused-ring (bicyclic) bond motifs is 1. The van der Waals surface area contributed by atoms with Gasteiger partial charge in [0.1, 0.15) is 5.82 Å². The molecule has 1 aliphatic rings.